The average molecular weight is 709 g/mol. The second kappa shape index (κ2) is 35.2. The molecule has 0 spiro atoms. The van der Waals surface area contributed by atoms with Crippen LogP contribution in [0.5, 0.6) is 0 Å². The first-order valence-corrected chi connectivity index (χ1v) is 16.5. The summed E-state index contributed by atoms with van der Waals surface area (Å²) in [4.78, 5) is 11.5. The molecular weight excluding hydrogens is 650 g/mol. The number of amides is 1. The number of halogens is 1. The molecule has 1 N–H and O–H groups in total. The molecule has 1 amide bonds. The van der Waals surface area contributed by atoms with Crippen LogP contribution in [-0.2, 0) is 56.8 Å². The van der Waals surface area contributed by atoms with Gasteiger partial charge in [0.15, 0.2) is 0 Å². The summed E-state index contributed by atoms with van der Waals surface area (Å²) < 4.78 is 64.8. The summed E-state index contributed by atoms with van der Waals surface area (Å²) in [5, 5.41) is 3.46. The van der Waals surface area contributed by atoms with Crippen molar-refractivity contribution in [3.05, 3.63) is 0 Å². The van der Waals surface area contributed by atoms with E-state index in [0.717, 1.165) is 5.33 Å². The maximum absolute atomic E-state index is 11.5. The summed E-state index contributed by atoms with van der Waals surface area (Å²) in [6.45, 7) is 17.1. The third-order valence-electron chi connectivity index (χ3n) is 4.86. The number of carbonyl (C=O) groups is 1. The molecule has 15 heteroatoms. The van der Waals surface area contributed by atoms with Crippen LogP contribution in [-0.4, -0.2) is 169 Å². The second-order valence-electron chi connectivity index (χ2n) is 9.85. The number of hydrogen-bond donors (Lipinski definition) is 1. The van der Waals surface area contributed by atoms with Crippen LogP contribution < -0.4 is 5.32 Å². The van der Waals surface area contributed by atoms with E-state index in [9.17, 15) is 4.79 Å². The predicted octanol–water partition coefficient (Wildman–Crippen LogP) is 2.09. The lowest BCUT2D eigenvalue weighted by molar-refractivity contribution is -0.0273. The second-order valence-corrected chi connectivity index (χ2v) is 10.6. The van der Waals surface area contributed by atoms with E-state index in [2.05, 4.69) is 21.2 Å². The minimum Gasteiger partial charge on any atom is -0.444 e. The van der Waals surface area contributed by atoms with Crippen molar-refractivity contribution in [1.82, 2.24) is 5.32 Å². The Labute approximate surface area is 272 Å². The molecule has 0 aromatic heterocycles. The summed E-state index contributed by atoms with van der Waals surface area (Å²) in [6, 6.07) is 0. The summed E-state index contributed by atoms with van der Waals surface area (Å²) in [7, 11) is 0. The molecule has 0 aliphatic carbocycles. The van der Waals surface area contributed by atoms with Gasteiger partial charge >= 0.3 is 6.09 Å². The molecule has 44 heavy (non-hydrogen) atoms. The first-order valence-electron chi connectivity index (χ1n) is 15.3. The van der Waals surface area contributed by atoms with Crippen LogP contribution in [0.3, 0.4) is 0 Å². The van der Waals surface area contributed by atoms with Crippen molar-refractivity contribution in [2.45, 2.75) is 26.4 Å². The van der Waals surface area contributed by atoms with Crippen LogP contribution in [0.1, 0.15) is 20.8 Å². The fourth-order valence-electron chi connectivity index (χ4n) is 2.90. The molecule has 0 bridgehead atoms. The highest BCUT2D eigenvalue weighted by atomic mass is 79.9. The third kappa shape index (κ3) is 39.3. The van der Waals surface area contributed by atoms with Crippen LogP contribution >= 0.6 is 15.9 Å². The highest BCUT2D eigenvalue weighted by Gasteiger charge is 2.15. The number of hydrogen-bond acceptors (Lipinski definition) is 13. The smallest absolute Gasteiger partial charge is 0.407 e. The Morgan fingerprint density at radius 3 is 0.886 bits per heavy atom. The minimum absolute atomic E-state index is 0.384. The fourth-order valence-corrected chi connectivity index (χ4v) is 3.12. The van der Waals surface area contributed by atoms with Crippen LogP contribution in [0, 0.1) is 0 Å². The fraction of sp³-hybridized carbons (Fsp3) is 0.966. The van der Waals surface area contributed by atoms with Crippen LogP contribution in [0.15, 0.2) is 0 Å². The zero-order valence-electron chi connectivity index (χ0n) is 27.2. The molecule has 0 unspecified atom stereocenters. The molecule has 0 rings (SSSR count). The molecule has 0 aromatic carbocycles. The predicted molar refractivity (Wildman–Crippen MR) is 167 cm³/mol. The largest absolute Gasteiger partial charge is 0.444 e. The number of carbonyl (C=O) groups excluding carboxylic acids is 1. The van der Waals surface area contributed by atoms with E-state index in [4.69, 9.17) is 56.8 Å². The zero-order chi connectivity index (χ0) is 32.2. The van der Waals surface area contributed by atoms with Gasteiger partial charge in [0.05, 0.1) is 145 Å². The van der Waals surface area contributed by atoms with Crippen molar-refractivity contribution in [3.63, 3.8) is 0 Å². The van der Waals surface area contributed by atoms with Crippen LogP contribution in [0.2, 0.25) is 0 Å². The number of nitrogens with one attached hydrogen (secondary N) is 1. The summed E-state index contributed by atoms with van der Waals surface area (Å²) in [6.07, 6.45) is -0.452. The van der Waals surface area contributed by atoms with Crippen molar-refractivity contribution in [2.24, 2.45) is 0 Å². The summed E-state index contributed by atoms with van der Waals surface area (Å²) >= 11 is 3.30. The van der Waals surface area contributed by atoms with Gasteiger partial charge in [-0.1, -0.05) is 15.9 Å². The molecule has 0 fully saturated rings. The monoisotopic (exact) mass is 707 g/mol. The molecule has 0 radical (unpaired) electrons. The van der Waals surface area contributed by atoms with Gasteiger partial charge < -0.3 is 62.2 Å². The van der Waals surface area contributed by atoms with Gasteiger partial charge in [0.1, 0.15) is 5.60 Å². The topological polar surface area (TPSA) is 140 Å². The summed E-state index contributed by atoms with van der Waals surface area (Å²) in [5.41, 5.74) is -0.510. The molecule has 0 aromatic rings. The molecule has 0 atom stereocenters. The van der Waals surface area contributed by atoms with Gasteiger partial charge in [-0.05, 0) is 20.8 Å². The molecule has 0 heterocycles. The quantitative estimate of drug-likeness (QED) is 0.0760. The Morgan fingerprint density at radius 2 is 0.659 bits per heavy atom. The standard InChI is InChI=1S/C29H58BrNO13/c1-29(2,3)44-28(32)31-5-7-34-9-11-36-13-15-38-17-19-40-21-23-42-25-27-43-26-24-41-22-20-39-18-16-37-14-12-35-10-8-33-6-4-30/h4-27H2,1-3H3,(H,31,32). The maximum Gasteiger partial charge on any atom is 0.407 e. The third-order valence-corrected chi connectivity index (χ3v) is 5.18. The molecule has 14 nitrogen and oxygen atoms in total. The van der Waals surface area contributed by atoms with E-state index < -0.39 is 11.7 Å². The van der Waals surface area contributed by atoms with Crippen molar-refractivity contribution in [1.29, 1.82) is 0 Å². The molecule has 264 valence electrons. The highest BCUT2D eigenvalue weighted by molar-refractivity contribution is 9.09. The molecule has 0 aliphatic rings. The minimum atomic E-state index is -0.510. The number of alkyl carbamates (subject to hydrolysis) is 1. The van der Waals surface area contributed by atoms with E-state index >= 15 is 0 Å². The Hall–Kier alpha value is -0.690. The van der Waals surface area contributed by atoms with Crippen molar-refractivity contribution in [2.75, 3.05) is 157 Å². The first kappa shape index (κ1) is 43.3. The Kier molecular flexibility index (Phi) is 34.6. The number of rotatable bonds is 35. The van der Waals surface area contributed by atoms with Crippen molar-refractivity contribution < 1.29 is 61.6 Å². The van der Waals surface area contributed by atoms with Gasteiger partial charge in [0.2, 0.25) is 0 Å². The normalized spacial score (nSPS) is 11.7. The van der Waals surface area contributed by atoms with E-state index in [1.807, 2.05) is 20.8 Å². The van der Waals surface area contributed by atoms with Gasteiger partial charge in [0.25, 0.3) is 0 Å². The van der Waals surface area contributed by atoms with Gasteiger partial charge in [-0.3, -0.25) is 0 Å². The van der Waals surface area contributed by atoms with Crippen LogP contribution in [0.4, 0.5) is 4.79 Å². The van der Waals surface area contributed by atoms with E-state index in [-0.39, 0.29) is 0 Å². The Bertz CT molecular complexity index is 588. The lowest BCUT2D eigenvalue weighted by Gasteiger charge is -2.19. The van der Waals surface area contributed by atoms with E-state index in [0.29, 0.717) is 152 Å². The van der Waals surface area contributed by atoms with Gasteiger partial charge in [-0.2, -0.15) is 0 Å². The molecular formula is C29H58BrNO13. The van der Waals surface area contributed by atoms with Crippen molar-refractivity contribution in [3.8, 4) is 0 Å². The molecule has 0 saturated heterocycles. The Balaban J connectivity index is 3.09. The first-order chi connectivity index (χ1) is 21.5. The summed E-state index contributed by atoms with van der Waals surface area (Å²) in [5.74, 6) is 0. The Morgan fingerprint density at radius 1 is 0.432 bits per heavy atom. The maximum atomic E-state index is 11.5. The SMILES string of the molecule is CC(C)(C)OC(=O)NCCOCCOCCOCCOCCOCCOCCOCCOCCOCCOCCOCCBr. The van der Waals surface area contributed by atoms with E-state index in [1.54, 1.807) is 0 Å². The van der Waals surface area contributed by atoms with Crippen molar-refractivity contribution >= 4 is 22.0 Å². The lowest BCUT2D eigenvalue weighted by atomic mass is 10.2. The number of alkyl halides is 1. The zero-order valence-corrected chi connectivity index (χ0v) is 28.7. The van der Waals surface area contributed by atoms with Gasteiger partial charge in [-0.25, -0.2) is 4.79 Å². The lowest BCUT2D eigenvalue weighted by Crippen LogP contribution is -2.34. The highest BCUT2D eigenvalue weighted by Crippen LogP contribution is 2.06. The van der Waals surface area contributed by atoms with E-state index in [1.165, 1.54) is 0 Å². The van der Waals surface area contributed by atoms with Gasteiger partial charge in [0, 0.05) is 11.9 Å². The average Bonchev–Trinajstić information content (AvgIpc) is 2.98. The van der Waals surface area contributed by atoms with Gasteiger partial charge in [-0.15, -0.1) is 0 Å². The number of ether oxygens (including phenoxy) is 12. The van der Waals surface area contributed by atoms with Crippen LogP contribution in [0.25, 0.3) is 0 Å². The molecule has 0 aliphatic heterocycles. The molecule has 0 saturated carbocycles.